The fraction of sp³-hybridized carbons (Fsp3) is 0.214. The Hall–Kier alpha value is -3.46. The summed E-state index contributed by atoms with van der Waals surface area (Å²) in [4.78, 5) is 28.6. The Morgan fingerprint density at radius 2 is 1.68 bits per heavy atom. The van der Waals surface area contributed by atoms with E-state index in [1.165, 1.54) is 4.90 Å². The van der Waals surface area contributed by atoms with E-state index in [9.17, 15) is 27.2 Å². The molecule has 1 heterocycles. The molecule has 0 fully saturated rings. The van der Waals surface area contributed by atoms with Crippen molar-refractivity contribution in [3.63, 3.8) is 0 Å². The summed E-state index contributed by atoms with van der Waals surface area (Å²) in [7, 11) is 0. The maximum atomic E-state index is 14.8. The van der Waals surface area contributed by atoms with Crippen LogP contribution in [0.3, 0.4) is 0 Å². The number of halogens is 5. The Morgan fingerprint density at radius 3 is 2.24 bits per heavy atom. The second-order valence-corrected chi connectivity index (χ2v) is 9.71. The number of hydrogen-bond donors (Lipinski definition) is 0. The van der Waals surface area contributed by atoms with Crippen molar-refractivity contribution in [2.24, 2.45) is 0 Å². The monoisotopic (exact) mass is 575 g/mol. The number of ketones is 1. The summed E-state index contributed by atoms with van der Waals surface area (Å²) in [5, 5.41) is 0. The number of ether oxygens (including phenoxy) is 1. The van der Waals surface area contributed by atoms with Gasteiger partial charge in [-0.15, -0.1) is 0 Å². The quantitative estimate of drug-likeness (QED) is 0.220. The number of carbonyl (C=O) groups is 2. The van der Waals surface area contributed by atoms with Crippen LogP contribution in [0.15, 0.2) is 88.6 Å². The molecule has 3 aromatic carbocycles. The number of rotatable bonds is 7. The third-order valence-corrected chi connectivity index (χ3v) is 6.35. The topological polar surface area (TPSA) is 46.6 Å². The van der Waals surface area contributed by atoms with E-state index in [4.69, 9.17) is 4.74 Å². The van der Waals surface area contributed by atoms with E-state index in [0.29, 0.717) is 17.2 Å². The number of alkyl halides is 3. The molecule has 1 amide bonds. The lowest BCUT2D eigenvalue weighted by Crippen LogP contribution is -2.31. The molecule has 0 radical (unpaired) electrons. The van der Waals surface area contributed by atoms with Gasteiger partial charge in [0.15, 0.2) is 11.5 Å². The zero-order valence-electron chi connectivity index (χ0n) is 19.9. The zero-order valence-corrected chi connectivity index (χ0v) is 21.4. The molecule has 4 nitrogen and oxygen atoms in total. The van der Waals surface area contributed by atoms with Gasteiger partial charge in [0.1, 0.15) is 5.82 Å². The average molecular weight is 576 g/mol. The Labute approximate surface area is 219 Å². The molecule has 0 bridgehead atoms. The van der Waals surface area contributed by atoms with Crippen LogP contribution in [0.25, 0.3) is 0 Å². The molecule has 0 saturated carbocycles. The molecule has 1 atom stereocenters. The van der Waals surface area contributed by atoms with E-state index in [1.807, 2.05) is 0 Å². The van der Waals surface area contributed by atoms with Gasteiger partial charge in [-0.2, -0.15) is 13.2 Å². The molecule has 0 spiro atoms. The molecule has 1 aliphatic heterocycles. The van der Waals surface area contributed by atoms with E-state index in [0.717, 1.165) is 16.6 Å². The number of amides is 1. The van der Waals surface area contributed by atoms with Crippen molar-refractivity contribution >= 4 is 27.6 Å². The van der Waals surface area contributed by atoms with Crippen LogP contribution >= 0.6 is 15.9 Å². The van der Waals surface area contributed by atoms with Gasteiger partial charge in [-0.05, 0) is 43.7 Å². The molecule has 1 aliphatic rings. The molecule has 0 saturated heterocycles. The van der Waals surface area contributed by atoms with Crippen LogP contribution in [0.5, 0.6) is 0 Å². The minimum absolute atomic E-state index is 0.0829. The Bertz CT molecular complexity index is 1350. The van der Waals surface area contributed by atoms with Crippen molar-refractivity contribution < 1.29 is 31.9 Å². The van der Waals surface area contributed by atoms with Crippen molar-refractivity contribution in [3.05, 3.63) is 117 Å². The number of benzene rings is 3. The van der Waals surface area contributed by atoms with Crippen LogP contribution < -0.4 is 0 Å². The second kappa shape index (κ2) is 10.5. The third kappa shape index (κ3) is 5.61. The predicted octanol–water partition coefficient (Wildman–Crippen LogP) is 7.25. The van der Waals surface area contributed by atoms with E-state index >= 15 is 0 Å². The maximum Gasteiger partial charge on any atom is 0.416 e. The largest absolute Gasteiger partial charge is 0.485 e. The molecule has 0 N–H and O–H groups in total. The van der Waals surface area contributed by atoms with Gasteiger partial charge in [-0.1, -0.05) is 64.5 Å². The Morgan fingerprint density at radius 1 is 1.03 bits per heavy atom. The van der Waals surface area contributed by atoms with Gasteiger partial charge in [0.2, 0.25) is 0 Å². The minimum atomic E-state index is -4.71. The van der Waals surface area contributed by atoms with Crippen LogP contribution in [0.4, 0.5) is 17.6 Å². The molecule has 0 aliphatic carbocycles. The maximum absolute atomic E-state index is 14.8. The van der Waals surface area contributed by atoms with Crippen LogP contribution in [0.2, 0.25) is 0 Å². The number of Topliss-reactive ketones (excluding diaryl/α,β-unsaturated/α-hetero) is 1. The lowest BCUT2D eigenvalue weighted by molar-refractivity contribution is -0.138. The van der Waals surface area contributed by atoms with E-state index in [-0.39, 0.29) is 23.4 Å². The molecule has 0 aromatic heterocycles. The summed E-state index contributed by atoms with van der Waals surface area (Å²) >= 11 is 3.37. The van der Waals surface area contributed by atoms with Gasteiger partial charge in [0.05, 0.1) is 23.3 Å². The summed E-state index contributed by atoms with van der Waals surface area (Å²) in [6, 6.07) is 16.5. The van der Waals surface area contributed by atoms with E-state index in [2.05, 4.69) is 15.9 Å². The first-order valence-corrected chi connectivity index (χ1v) is 12.2. The Balaban J connectivity index is 1.84. The number of hydrogen-bond acceptors (Lipinski definition) is 3. The van der Waals surface area contributed by atoms with Gasteiger partial charge in [-0.3, -0.25) is 9.59 Å². The van der Waals surface area contributed by atoms with Gasteiger partial charge in [0.25, 0.3) is 5.91 Å². The van der Waals surface area contributed by atoms with Crippen molar-refractivity contribution in [3.8, 4) is 0 Å². The average Bonchev–Trinajstić information content (AvgIpc) is 3.11. The van der Waals surface area contributed by atoms with Crippen LogP contribution in [-0.2, 0) is 22.3 Å². The summed E-state index contributed by atoms with van der Waals surface area (Å²) in [6.07, 6.45) is -5.16. The highest BCUT2D eigenvalue weighted by molar-refractivity contribution is 9.10. The molecule has 9 heteroatoms. The standard InChI is InChI=1S/C28H22BrF4NO3/c1-16(2)37-26-23(25(35)18-6-4-3-5-7-18)24(17-9-12-21(29)13-10-17)34(27(26)36)15-19-8-11-20(14-22(19)30)28(31,32)33/h3-14,16,24H,15H2,1-2H3. The highest BCUT2D eigenvalue weighted by Gasteiger charge is 2.45. The fourth-order valence-electron chi connectivity index (χ4n) is 4.15. The van der Waals surface area contributed by atoms with Gasteiger partial charge < -0.3 is 9.64 Å². The molecular weight excluding hydrogens is 554 g/mol. The molecule has 4 rings (SSSR count). The lowest BCUT2D eigenvalue weighted by atomic mass is 9.92. The highest BCUT2D eigenvalue weighted by Crippen LogP contribution is 2.42. The summed E-state index contributed by atoms with van der Waals surface area (Å²) < 4.78 is 60.6. The van der Waals surface area contributed by atoms with Crippen LogP contribution in [0.1, 0.15) is 46.9 Å². The summed E-state index contributed by atoms with van der Waals surface area (Å²) in [6.45, 7) is 3.04. The minimum Gasteiger partial charge on any atom is -0.485 e. The number of carbonyl (C=O) groups excluding carboxylic acids is 2. The first-order valence-electron chi connectivity index (χ1n) is 11.4. The van der Waals surface area contributed by atoms with Gasteiger partial charge in [0, 0.05) is 22.1 Å². The van der Waals surface area contributed by atoms with E-state index in [1.54, 1.807) is 68.4 Å². The second-order valence-electron chi connectivity index (χ2n) is 8.80. The van der Waals surface area contributed by atoms with Gasteiger partial charge >= 0.3 is 6.18 Å². The van der Waals surface area contributed by atoms with Crippen molar-refractivity contribution in [1.82, 2.24) is 4.90 Å². The SMILES string of the molecule is CC(C)OC1=C(C(=O)c2ccccc2)C(c2ccc(Br)cc2)N(Cc2ccc(C(F)(F)F)cc2F)C1=O. The smallest absolute Gasteiger partial charge is 0.416 e. The van der Waals surface area contributed by atoms with Crippen LogP contribution in [-0.4, -0.2) is 22.7 Å². The number of nitrogens with zero attached hydrogens (tertiary/aromatic N) is 1. The zero-order chi connectivity index (χ0) is 26.9. The van der Waals surface area contributed by atoms with Gasteiger partial charge in [-0.25, -0.2) is 4.39 Å². The molecule has 3 aromatic rings. The van der Waals surface area contributed by atoms with E-state index < -0.39 is 41.4 Å². The van der Waals surface area contributed by atoms with Crippen molar-refractivity contribution in [2.75, 3.05) is 0 Å². The lowest BCUT2D eigenvalue weighted by Gasteiger charge is -2.27. The third-order valence-electron chi connectivity index (χ3n) is 5.83. The molecule has 1 unspecified atom stereocenters. The molecular formula is C28H22BrF4NO3. The first kappa shape index (κ1) is 26.6. The summed E-state index contributed by atoms with van der Waals surface area (Å²) in [5.41, 5.74) is -0.279. The molecule has 192 valence electrons. The summed E-state index contributed by atoms with van der Waals surface area (Å²) in [5.74, 6) is -2.36. The first-order chi connectivity index (χ1) is 17.5. The Kier molecular flexibility index (Phi) is 7.54. The van der Waals surface area contributed by atoms with Crippen LogP contribution in [0, 0.1) is 5.82 Å². The van der Waals surface area contributed by atoms with Crippen molar-refractivity contribution in [1.29, 1.82) is 0 Å². The van der Waals surface area contributed by atoms with Crippen molar-refractivity contribution in [2.45, 2.75) is 38.7 Å². The molecule has 37 heavy (non-hydrogen) atoms. The predicted molar refractivity (Wildman–Crippen MR) is 133 cm³/mol. The highest BCUT2D eigenvalue weighted by atomic mass is 79.9. The normalized spacial score (nSPS) is 16.1. The fourth-order valence-corrected chi connectivity index (χ4v) is 4.42.